The van der Waals surface area contributed by atoms with E-state index in [0.29, 0.717) is 12.0 Å². The maximum Gasteiger partial charge on any atom is 0.407 e. The quantitative estimate of drug-likeness (QED) is 0.814. The van der Waals surface area contributed by atoms with Gasteiger partial charge in [0.1, 0.15) is 5.60 Å². The van der Waals surface area contributed by atoms with Gasteiger partial charge in [-0.1, -0.05) is 26.2 Å². The number of carbonyl (C=O) groups excluding carboxylic acids is 1. The topological polar surface area (TPSA) is 50.4 Å². The van der Waals surface area contributed by atoms with Gasteiger partial charge in [-0.05, 0) is 64.3 Å². The van der Waals surface area contributed by atoms with Crippen LogP contribution in [0.2, 0.25) is 0 Å². The van der Waals surface area contributed by atoms with Crippen molar-refractivity contribution < 1.29 is 9.53 Å². The van der Waals surface area contributed by atoms with Crippen molar-refractivity contribution >= 4 is 6.09 Å². The largest absolute Gasteiger partial charge is 0.444 e. The summed E-state index contributed by atoms with van der Waals surface area (Å²) in [6.07, 6.45) is 7.57. The van der Waals surface area contributed by atoms with E-state index < -0.39 is 5.60 Å². The SMILES string of the molecule is CC1CCCC1CNC1CCCC1CNC(=O)OC(C)(C)C. The third-order valence-corrected chi connectivity index (χ3v) is 5.25. The molecular formula is C18H34N2O2. The summed E-state index contributed by atoms with van der Waals surface area (Å²) in [5.41, 5.74) is -0.421. The maximum atomic E-state index is 11.8. The number of ether oxygens (including phenoxy) is 1. The number of carbonyl (C=O) groups is 1. The highest BCUT2D eigenvalue weighted by Crippen LogP contribution is 2.32. The van der Waals surface area contributed by atoms with Crippen LogP contribution in [-0.4, -0.2) is 30.8 Å². The van der Waals surface area contributed by atoms with E-state index in [1.54, 1.807) is 0 Å². The van der Waals surface area contributed by atoms with Gasteiger partial charge in [0.2, 0.25) is 0 Å². The summed E-state index contributed by atoms with van der Waals surface area (Å²) >= 11 is 0. The lowest BCUT2D eigenvalue weighted by Gasteiger charge is -2.25. The highest BCUT2D eigenvalue weighted by Gasteiger charge is 2.30. The Kier molecular flexibility index (Phi) is 6.13. The summed E-state index contributed by atoms with van der Waals surface area (Å²) < 4.78 is 5.32. The molecule has 2 N–H and O–H groups in total. The molecule has 0 aliphatic heterocycles. The molecule has 2 fully saturated rings. The van der Waals surface area contributed by atoms with Crippen molar-refractivity contribution in [1.82, 2.24) is 10.6 Å². The van der Waals surface area contributed by atoms with Crippen LogP contribution in [0.15, 0.2) is 0 Å². The lowest BCUT2D eigenvalue weighted by atomic mass is 9.96. The standard InChI is InChI=1S/C18H34N2O2/c1-13-7-5-8-14(13)11-19-16-10-6-9-15(16)12-20-17(21)22-18(2,3)4/h13-16,19H,5-12H2,1-4H3,(H,20,21). The van der Waals surface area contributed by atoms with Gasteiger partial charge in [0.05, 0.1) is 0 Å². The molecule has 0 aromatic heterocycles. The first-order chi connectivity index (χ1) is 10.3. The molecule has 4 unspecified atom stereocenters. The fourth-order valence-electron chi connectivity index (χ4n) is 3.91. The van der Waals surface area contributed by atoms with Crippen LogP contribution >= 0.6 is 0 Å². The highest BCUT2D eigenvalue weighted by atomic mass is 16.6. The highest BCUT2D eigenvalue weighted by molar-refractivity contribution is 5.67. The lowest BCUT2D eigenvalue weighted by molar-refractivity contribution is 0.0517. The van der Waals surface area contributed by atoms with Crippen molar-refractivity contribution in [2.45, 2.75) is 77.9 Å². The summed E-state index contributed by atoms with van der Waals surface area (Å²) in [6, 6.07) is 0.558. The molecule has 128 valence electrons. The van der Waals surface area contributed by atoms with Gasteiger partial charge in [-0.25, -0.2) is 4.79 Å². The number of alkyl carbamates (subject to hydrolysis) is 1. The number of rotatable bonds is 5. The summed E-state index contributed by atoms with van der Waals surface area (Å²) in [4.78, 5) is 11.8. The minimum absolute atomic E-state index is 0.289. The van der Waals surface area contributed by atoms with Gasteiger partial charge in [0.25, 0.3) is 0 Å². The Morgan fingerprint density at radius 3 is 2.36 bits per heavy atom. The molecule has 2 saturated carbocycles. The van der Waals surface area contributed by atoms with Crippen molar-refractivity contribution in [2.24, 2.45) is 17.8 Å². The molecule has 4 heteroatoms. The van der Waals surface area contributed by atoms with E-state index >= 15 is 0 Å². The first-order valence-electron chi connectivity index (χ1n) is 9.05. The average molecular weight is 310 g/mol. The second kappa shape index (κ2) is 7.67. The second-order valence-electron chi connectivity index (χ2n) is 8.26. The van der Waals surface area contributed by atoms with E-state index in [1.807, 2.05) is 20.8 Å². The predicted octanol–water partition coefficient (Wildman–Crippen LogP) is 3.71. The van der Waals surface area contributed by atoms with Gasteiger partial charge < -0.3 is 15.4 Å². The van der Waals surface area contributed by atoms with E-state index in [-0.39, 0.29) is 6.09 Å². The Morgan fingerprint density at radius 2 is 1.73 bits per heavy atom. The molecule has 2 aliphatic rings. The molecule has 0 bridgehead atoms. The molecule has 2 aliphatic carbocycles. The third kappa shape index (κ3) is 5.45. The summed E-state index contributed by atoms with van der Waals surface area (Å²) in [7, 11) is 0. The Bertz CT molecular complexity index is 365. The lowest BCUT2D eigenvalue weighted by Crippen LogP contribution is -2.42. The zero-order valence-corrected chi connectivity index (χ0v) is 14.8. The minimum atomic E-state index is -0.421. The molecule has 0 aromatic rings. The van der Waals surface area contributed by atoms with Crippen molar-refractivity contribution in [3.05, 3.63) is 0 Å². The predicted molar refractivity (Wildman–Crippen MR) is 89.9 cm³/mol. The Balaban J connectivity index is 1.70. The first kappa shape index (κ1) is 17.6. The van der Waals surface area contributed by atoms with E-state index in [2.05, 4.69) is 17.6 Å². The normalized spacial score (nSPS) is 32.2. The number of hydrogen-bond donors (Lipinski definition) is 2. The van der Waals surface area contributed by atoms with Crippen LogP contribution < -0.4 is 10.6 Å². The molecule has 4 atom stereocenters. The van der Waals surface area contributed by atoms with Gasteiger partial charge in [0.15, 0.2) is 0 Å². The molecule has 0 saturated heterocycles. The molecule has 22 heavy (non-hydrogen) atoms. The molecule has 2 rings (SSSR count). The van der Waals surface area contributed by atoms with E-state index in [1.165, 1.54) is 38.5 Å². The van der Waals surface area contributed by atoms with Crippen molar-refractivity contribution in [3.8, 4) is 0 Å². The van der Waals surface area contributed by atoms with Crippen LogP contribution in [-0.2, 0) is 4.74 Å². The number of nitrogens with one attached hydrogen (secondary N) is 2. The third-order valence-electron chi connectivity index (χ3n) is 5.25. The van der Waals surface area contributed by atoms with Gasteiger partial charge in [-0.15, -0.1) is 0 Å². The molecule has 0 heterocycles. The summed E-state index contributed by atoms with van der Waals surface area (Å²) in [5, 5.41) is 6.73. The number of amides is 1. The summed E-state index contributed by atoms with van der Waals surface area (Å²) in [6.45, 7) is 9.96. The van der Waals surface area contributed by atoms with E-state index in [0.717, 1.165) is 24.9 Å². The Labute approximate surface area is 135 Å². The maximum absolute atomic E-state index is 11.8. The van der Waals surface area contributed by atoms with Crippen LogP contribution in [0.5, 0.6) is 0 Å². The average Bonchev–Trinajstić information content (AvgIpc) is 3.00. The van der Waals surface area contributed by atoms with Crippen LogP contribution in [0.3, 0.4) is 0 Å². The smallest absolute Gasteiger partial charge is 0.407 e. The van der Waals surface area contributed by atoms with Crippen LogP contribution in [0.4, 0.5) is 4.79 Å². The second-order valence-corrected chi connectivity index (χ2v) is 8.26. The van der Waals surface area contributed by atoms with Crippen LogP contribution in [0, 0.1) is 17.8 Å². The fourth-order valence-corrected chi connectivity index (χ4v) is 3.91. The molecule has 0 aromatic carbocycles. The van der Waals surface area contributed by atoms with Crippen molar-refractivity contribution in [1.29, 1.82) is 0 Å². The van der Waals surface area contributed by atoms with Gasteiger partial charge >= 0.3 is 6.09 Å². The Morgan fingerprint density at radius 1 is 1.05 bits per heavy atom. The van der Waals surface area contributed by atoms with Crippen molar-refractivity contribution in [3.63, 3.8) is 0 Å². The monoisotopic (exact) mass is 310 g/mol. The molecule has 1 amide bonds. The molecule has 0 spiro atoms. The van der Waals surface area contributed by atoms with E-state index in [9.17, 15) is 4.79 Å². The summed E-state index contributed by atoms with van der Waals surface area (Å²) in [5.74, 6) is 2.26. The van der Waals surface area contributed by atoms with Crippen LogP contribution in [0.25, 0.3) is 0 Å². The van der Waals surface area contributed by atoms with Gasteiger partial charge in [-0.3, -0.25) is 0 Å². The van der Waals surface area contributed by atoms with Crippen LogP contribution in [0.1, 0.15) is 66.2 Å². The minimum Gasteiger partial charge on any atom is -0.444 e. The van der Waals surface area contributed by atoms with E-state index in [4.69, 9.17) is 4.74 Å². The fraction of sp³-hybridized carbons (Fsp3) is 0.944. The molecule has 4 nitrogen and oxygen atoms in total. The zero-order chi connectivity index (χ0) is 16.2. The van der Waals surface area contributed by atoms with Crippen molar-refractivity contribution in [2.75, 3.05) is 13.1 Å². The molecular weight excluding hydrogens is 276 g/mol. The van der Waals surface area contributed by atoms with Gasteiger partial charge in [-0.2, -0.15) is 0 Å². The number of hydrogen-bond acceptors (Lipinski definition) is 3. The molecule has 0 radical (unpaired) electrons. The zero-order valence-electron chi connectivity index (χ0n) is 14.8. The first-order valence-corrected chi connectivity index (χ1v) is 9.05. The van der Waals surface area contributed by atoms with Gasteiger partial charge in [0, 0.05) is 12.6 Å². The Hall–Kier alpha value is -0.770.